The minimum atomic E-state index is -0.520. The molecule has 1 aliphatic heterocycles. The number of nitrogens with two attached hydrogens (primary N) is 1. The van der Waals surface area contributed by atoms with Crippen molar-refractivity contribution in [2.24, 2.45) is 5.73 Å². The van der Waals surface area contributed by atoms with E-state index in [0.29, 0.717) is 13.1 Å². The number of likely N-dealkylation sites (tertiary alicyclic amines) is 1. The number of benzene rings is 2. The number of aryl methyl sites for hydroxylation is 1. The van der Waals surface area contributed by atoms with Crippen LogP contribution in [0, 0.1) is 6.92 Å². The van der Waals surface area contributed by atoms with E-state index in [-0.39, 0.29) is 17.9 Å². The van der Waals surface area contributed by atoms with Gasteiger partial charge in [0.2, 0.25) is 0 Å². The Hall–Kier alpha value is -2.33. The molecule has 4 heteroatoms. The standard InChI is InChI=1S/C20H24N2O2/c1-14-7-6-10-17(11-14)24-15(2)20(23)22-12-18(19(21)13-22)16-8-4-3-5-9-16/h3-11,15,18-19H,12-13,21H2,1-2H3/t15?,18-,19+/m0/s1. The third-order valence-electron chi connectivity index (χ3n) is 4.55. The van der Waals surface area contributed by atoms with Crippen LogP contribution in [0.4, 0.5) is 0 Å². The van der Waals surface area contributed by atoms with E-state index in [2.05, 4.69) is 12.1 Å². The van der Waals surface area contributed by atoms with E-state index in [1.165, 1.54) is 5.56 Å². The van der Waals surface area contributed by atoms with Gasteiger partial charge in [-0.1, -0.05) is 42.5 Å². The van der Waals surface area contributed by atoms with E-state index >= 15 is 0 Å². The van der Waals surface area contributed by atoms with Gasteiger partial charge in [0.25, 0.3) is 5.91 Å². The maximum Gasteiger partial charge on any atom is 0.263 e. The Morgan fingerprint density at radius 2 is 1.92 bits per heavy atom. The number of ether oxygens (including phenoxy) is 1. The summed E-state index contributed by atoms with van der Waals surface area (Å²) in [4.78, 5) is 14.5. The van der Waals surface area contributed by atoms with Gasteiger partial charge in [-0.3, -0.25) is 4.79 Å². The van der Waals surface area contributed by atoms with E-state index in [9.17, 15) is 4.79 Å². The van der Waals surface area contributed by atoms with Crippen LogP contribution < -0.4 is 10.5 Å². The highest BCUT2D eigenvalue weighted by molar-refractivity contribution is 5.81. The van der Waals surface area contributed by atoms with Crippen molar-refractivity contribution in [3.63, 3.8) is 0 Å². The molecule has 0 spiro atoms. The predicted molar refractivity (Wildman–Crippen MR) is 95.0 cm³/mol. The highest BCUT2D eigenvalue weighted by atomic mass is 16.5. The SMILES string of the molecule is Cc1cccc(OC(C)C(=O)N2C[C@@H](N)[C@H](c3ccccc3)C2)c1. The van der Waals surface area contributed by atoms with Crippen LogP contribution in [0.2, 0.25) is 0 Å². The first-order valence-electron chi connectivity index (χ1n) is 8.37. The van der Waals surface area contributed by atoms with Gasteiger partial charge in [-0.25, -0.2) is 0 Å². The van der Waals surface area contributed by atoms with Gasteiger partial charge >= 0.3 is 0 Å². The summed E-state index contributed by atoms with van der Waals surface area (Å²) in [6, 6.07) is 17.9. The number of hydrogen-bond donors (Lipinski definition) is 1. The van der Waals surface area contributed by atoms with E-state index < -0.39 is 6.10 Å². The topological polar surface area (TPSA) is 55.6 Å². The number of carbonyl (C=O) groups is 1. The number of rotatable bonds is 4. The molecular formula is C20H24N2O2. The van der Waals surface area contributed by atoms with Gasteiger partial charge in [0.05, 0.1) is 0 Å². The Balaban J connectivity index is 1.65. The maximum absolute atomic E-state index is 12.7. The van der Waals surface area contributed by atoms with Gasteiger partial charge in [0, 0.05) is 25.0 Å². The fourth-order valence-electron chi connectivity index (χ4n) is 3.26. The van der Waals surface area contributed by atoms with E-state index in [1.807, 2.05) is 54.3 Å². The monoisotopic (exact) mass is 324 g/mol. The van der Waals surface area contributed by atoms with Gasteiger partial charge < -0.3 is 15.4 Å². The number of nitrogens with zero attached hydrogens (tertiary/aromatic N) is 1. The van der Waals surface area contributed by atoms with Crippen molar-refractivity contribution >= 4 is 5.91 Å². The summed E-state index contributed by atoms with van der Waals surface area (Å²) in [7, 11) is 0. The lowest BCUT2D eigenvalue weighted by Gasteiger charge is -2.22. The normalized spacial score (nSPS) is 21.5. The zero-order valence-corrected chi connectivity index (χ0v) is 14.2. The number of hydrogen-bond acceptors (Lipinski definition) is 3. The van der Waals surface area contributed by atoms with E-state index in [1.54, 1.807) is 6.92 Å². The molecule has 3 rings (SSSR count). The summed E-state index contributed by atoms with van der Waals surface area (Å²) in [5.74, 6) is 0.894. The zero-order chi connectivity index (χ0) is 17.1. The molecule has 0 aliphatic carbocycles. The molecule has 0 saturated carbocycles. The molecule has 4 nitrogen and oxygen atoms in total. The number of amides is 1. The first kappa shape index (κ1) is 16.5. The Morgan fingerprint density at radius 1 is 1.17 bits per heavy atom. The van der Waals surface area contributed by atoms with Gasteiger partial charge in [0.15, 0.2) is 6.10 Å². The smallest absolute Gasteiger partial charge is 0.263 e. The zero-order valence-electron chi connectivity index (χ0n) is 14.2. The minimum absolute atomic E-state index is 0.00890. The van der Waals surface area contributed by atoms with Crippen LogP contribution in [-0.2, 0) is 4.79 Å². The summed E-state index contributed by atoms with van der Waals surface area (Å²) < 4.78 is 5.81. The van der Waals surface area contributed by atoms with Gasteiger partial charge in [-0.2, -0.15) is 0 Å². The van der Waals surface area contributed by atoms with Crippen molar-refractivity contribution in [3.8, 4) is 5.75 Å². The Morgan fingerprint density at radius 3 is 2.62 bits per heavy atom. The second-order valence-corrected chi connectivity index (χ2v) is 6.50. The predicted octanol–water partition coefficient (Wildman–Crippen LogP) is 2.72. The van der Waals surface area contributed by atoms with Crippen molar-refractivity contribution in [1.29, 1.82) is 0 Å². The van der Waals surface area contributed by atoms with Crippen molar-refractivity contribution in [3.05, 3.63) is 65.7 Å². The maximum atomic E-state index is 12.7. The van der Waals surface area contributed by atoms with Crippen LogP contribution in [0.3, 0.4) is 0 Å². The fraction of sp³-hybridized carbons (Fsp3) is 0.350. The quantitative estimate of drug-likeness (QED) is 0.941. The van der Waals surface area contributed by atoms with E-state index in [4.69, 9.17) is 10.5 Å². The summed E-state index contributed by atoms with van der Waals surface area (Å²) in [5.41, 5.74) is 8.58. The Bertz CT molecular complexity index is 702. The molecule has 1 unspecified atom stereocenters. The first-order chi connectivity index (χ1) is 11.5. The third kappa shape index (κ3) is 3.60. The molecule has 126 valence electrons. The Kier molecular flexibility index (Phi) is 4.86. The average Bonchev–Trinajstić information content (AvgIpc) is 2.96. The highest BCUT2D eigenvalue weighted by Gasteiger charge is 2.35. The molecule has 2 aromatic rings. The molecule has 1 amide bonds. The van der Waals surface area contributed by atoms with Crippen molar-refractivity contribution in [1.82, 2.24) is 4.90 Å². The van der Waals surface area contributed by atoms with Crippen LogP contribution in [0.15, 0.2) is 54.6 Å². The highest BCUT2D eigenvalue weighted by Crippen LogP contribution is 2.27. The molecule has 2 N–H and O–H groups in total. The van der Waals surface area contributed by atoms with Gasteiger partial charge in [0.1, 0.15) is 5.75 Å². The van der Waals surface area contributed by atoms with Crippen molar-refractivity contribution in [2.75, 3.05) is 13.1 Å². The minimum Gasteiger partial charge on any atom is -0.481 e. The summed E-state index contributed by atoms with van der Waals surface area (Å²) >= 11 is 0. The lowest BCUT2D eigenvalue weighted by molar-refractivity contribution is -0.136. The van der Waals surface area contributed by atoms with E-state index in [0.717, 1.165) is 11.3 Å². The lowest BCUT2D eigenvalue weighted by atomic mass is 9.95. The largest absolute Gasteiger partial charge is 0.481 e. The van der Waals surface area contributed by atoms with Crippen LogP contribution >= 0.6 is 0 Å². The molecule has 0 bridgehead atoms. The molecule has 24 heavy (non-hydrogen) atoms. The number of carbonyl (C=O) groups excluding carboxylic acids is 1. The van der Waals surface area contributed by atoms with Crippen LogP contribution in [0.1, 0.15) is 24.0 Å². The van der Waals surface area contributed by atoms with Crippen molar-refractivity contribution in [2.45, 2.75) is 31.9 Å². The van der Waals surface area contributed by atoms with Crippen LogP contribution in [0.25, 0.3) is 0 Å². The second kappa shape index (κ2) is 7.05. The fourth-order valence-corrected chi connectivity index (χ4v) is 3.26. The molecule has 1 saturated heterocycles. The average molecular weight is 324 g/mol. The molecule has 3 atom stereocenters. The molecule has 1 aliphatic rings. The molecule has 1 heterocycles. The Labute approximate surface area is 143 Å². The van der Waals surface area contributed by atoms with Gasteiger partial charge in [-0.05, 0) is 37.1 Å². The lowest BCUT2D eigenvalue weighted by Crippen LogP contribution is -2.40. The molecular weight excluding hydrogens is 300 g/mol. The first-order valence-corrected chi connectivity index (χ1v) is 8.37. The molecule has 2 aromatic carbocycles. The van der Waals surface area contributed by atoms with Crippen LogP contribution in [-0.4, -0.2) is 36.0 Å². The second-order valence-electron chi connectivity index (χ2n) is 6.50. The van der Waals surface area contributed by atoms with Crippen molar-refractivity contribution < 1.29 is 9.53 Å². The van der Waals surface area contributed by atoms with Gasteiger partial charge in [-0.15, -0.1) is 0 Å². The molecule has 1 fully saturated rings. The summed E-state index contributed by atoms with van der Waals surface area (Å²) in [6.07, 6.45) is -0.520. The molecule has 0 aromatic heterocycles. The summed E-state index contributed by atoms with van der Waals surface area (Å²) in [6.45, 7) is 5.01. The summed E-state index contributed by atoms with van der Waals surface area (Å²) in [5, 5.41) is 0. The third-order valence-corrected chi connectivity index (χ3v) is 4.55. The molecule has 0 radical (unpaired) electrons. The van der Waals surface area contributed by atoms with Crippen LogP contribution in [0.5, 0.6) is 5.75 Å².